The maximum Gasteiger partial charge on any atom is 0.333 e. The molecule has 0 spiro atoms. The molecule has 21 heavy (non-hydrogen) atoms. The third-order valence-electron chi connectivity index (χ3n) is 2.62. The first-order chi connectivity index (χ1) is 9.93. The summed E-state index contributed by atoms with van der Waals surface area (Å²) in [6.07, 6.45) is 0.858. The molecular weight excluding hydrogens is 274 g/mol. The first-order valence-corrected chi connectivity index (χ1v) is 6.59. The van der Waals surface area contributed by atoms with Gasteiger partial charge in [-0.25, -0.2) is 4.79 Å². The Morgan fingerprint density at radius 1 is 1.48 bits per heavy atom. The lowest BCUT2D eigenvalue weighted by Gasteiger charge is -2.00. The van der Waals surface area contributed by atoms with Crippen molar-refractivity contribution in [2.45, 2.75) is 19.4 Å². The van der Waals surface area contributed by atoms with Crippen LogP contribution < -0.4 is 5.73 Å². The Morgan fingerprint density at radius 2 is 2.14 bits per heavy atom. The Hall–Kier alpha value is -2.05. The monoisotopic (exact) mass is 295 g/mol. The number of hydrogen-bond donors (Lipinski definition) is 3. The fourth-order valence-corrected chi connectivity index (χ4v) is 1.35. The smallest absolute Gasteiger partial charge is 0.333 e. The van der Waals surface area contributed by atoms with E-state index in [1.165, 1.54) is 12.1 Å². The van der Waals surface area contributed by atoms with E-state index >= 15 is 0 Å². The molecule has 6 heteroatoms. The van der Waals surface area contributed by atoms with E-state index in [0.29, 0.717) is 31.8 Å². The molecule has 2 rings (SSSR count). The number of benzene rings is 1. The molecular formula is C15H21NO5. The SMILES string of the molecule is C=C(C)C(=O)OCC1CO1.NCCc1ccc(O)c(O)c1. The molecule has 1 aliphatic rings. The highest BCUT2D eigenvalue weighted by atomic mass is 16.6. The van der Waals surface area contributed by atoms with Crippen LogP contribution in [-0.2, 0) is 20.7 Å². The van der Waals surface area contributed by atoms with Crippen LogP contribution in [0.1, 0.15) is 12.5 Å². The molecule has 1 saturated heterocycles. The van der Waals surface area contributed by atoms with Crippen molar-refractivity contribution < 1.29 is 24.5 Å². The molecule has 6 nitrogen and oxygen atoms in total. The van der Waals surface area contributed by atoms with Gasteiger partial charge in [0.15, 0.2) is 11.5 Å². The number of hydrogen-bond acceptors (Lipinski definition) is 6. The van der Waals surface area contributed by atoms with Crippen LogP contribution in [0.4, 0.5) is 0 Å². The van der Waals surface area contributed by atoms with E-state index in [0.717, 1.165) is 5.56 Å². The summed E-state index contributed by atoms with van der Waals surface area (Å²) in [7, 11) is 0. The molecule has 1 heterocycles. The molecule has 0 radical (unpaired) electrons. The fourth-order valence-electron chi connectivity index (χ4n) is 1.35. The van der Waals surface area contributed by atoms with E-state index in [1.807, 2.05) is 0 Å². The number of epoxide rings is 1. The maximum atomic E-state index is 10.7. The minimum Gasteiger partial charge on any atom is -0.504 e. The van der Waals surface area contributed by atoms with E-state index in [4.69, 9.17) is 25.4 Å². The highest BCUT2D eigenvalue weighted by Gasteiger charge is 2.24. The van der Waals surface area contributed by atoms with Gasteiger partial charge in [0.05, 0.1) is 6.61 Å². The number of carbonyl (C=O) groups is 1. The highest BCUT2D eigenvalue weighted by molar-refractivity contribution is 5.86. The Bertz CT molecular complexity index is 497. The van der Waals surface area contributed by atoms with Gasteiger partial charge in [-0.05, 0) is 37.6 Å². The summed E-state index contributed by atoms with van der Waals surface area (Å²) in [6, 6.07) is 4.71. The van der Waals surface area contributed by atoms with Gasteiger partial charge >= 0.3 is 5.97 Å². The average Bonchev–Trinajstić information content (AvgIpc) is 3.25. The van der Waals surface area contributed by atoms with Crippen molar-refractivity contribution in [3.63, 3.8) is 0 Å². The molecule has 0 aliphatic carbocycles. The number of rotatable bonds is 5. The molecule has 0 aromatic heterocycles. The normalized spacial score (nSPS) is 15.6. The lowest BCUT2D eigenvalue weighted by atomic mass is 10.1. The predicted octanol–water partition coefficient (Wildman–Crippen LogP) is 1.10. The largest absolute Gasteiger partial charge is 0.504 e. The summed E-state index contributed by atoms with van der Waals surface area (Å²) in [6.45, 7) is 6.68. The number of esters is 1. The molecule has 1 unspecified atom stereocenters. The van der Waals surface area contributed by atoms with E-state index in [-0.39, 0.29) is 23.6 Å². The fraction of sp³-hybridized carbons (Fsp3) is 0.400. The number of phenolic OH excluding ortho intramolecular Hbond substituents is 2. The summed E-state index contributed by atoms with van der Waals surface area (Å²) in [5.41, 5.74) is 6.67. The third-order valence-corrected chi connectivity index (χ3v) is 2.62. The molecule has 0 saturated carbocycles. The first-order valence-electron chi connectivity index (χ1n) is 6.59. The molecule has 1 atom stereocenters. The third kappa shape index (κ3) is 6.78. The quantitative estimate of drug-likeness (QED) is 0.325. The van der Waals surface area contributed by atoms with Crippen LogP contribution in [0.3, 0.4) is 0 Å². The molecule has 0 amide bonds. The molecule has 116 valence electrons. The zero-order valence-corrected chi connectivity index (χ0v) is 12.0. The van der Waals surface area contributed by atoms with Crippen LogP contribution in [0.15, 0.2) is 30.4 Å². The van der Waals surface area contributed by atoms with Gasteiger partial charge in [0.25, 0.3) is 0 Å². The highest BCUT2D eigenvalue weighted by Crippen LogP contribution is 2.24. The van der Waals surface area contributed by atoms with E-state index < -0.39 is 0 Å². The van der Waals surface area contributed by atoms with E-state index in [9.17, 15) is 4.79 Å². The topological polar surface area (TPSA) is 105 Å². The second-order valence-corrected chi connectivity index (χ2v) is 4.70. The number of ether oxygens (including phenoxy) is 2. The van der Waals surface area contributed by atoms with Crippen molar-refractivity contribution in [2.24, 2.45) is 5.73 Å². The Labute approximate surface area is 123 Å². The zero-order chi connectivity index (χ0) is 15.8. The van der Waals surface area contributed by atoms with Crippen LogP contribution in [0.5, 0.6) is 11.5 Å². The molecule has 0 bridgehead atoms. The van der Waals surface area contributed by atoms with Crippen LogP contribution in [0, 0.1) is 0 Å². The minimum atomic E-state index is -0.337. The van der Waals surface area contributed by atoms with Crippen molar-refractivity contribution in [2.75, 3.05) is 19.8 Å². The zero-order valence-electron chi connectivity index (χ0n) is 12.0. The molecule has 1 fully saturated rings. The van der Waals surface area contributed by atoms with Crippen molar-refractivity contribution in [1.82, 2.24) is 0 Å². The standard InChI is InChI=1S/C8H11NO2.C7H10O3/c9-4-3-6-1-2-7(10)8(11)5-6;1-5(2)7(8)10-4-6-3-9-6/h1-2,5,10-11H,3-4,9H2;6H,1,3-4H2,2H3. The Morgan fingerprint density at radius 3 is 2.62 bits per heavy atom. The van der Waals surface area contributed by atoms with Gasteiger partial charge in [0, 0.05) is 5.57 Å². The van der Waals surface area contributed by atoms with Gasteiger partial charge in [-0.3, -0.25) is 0 Å². The molecule has 1 aromatic carbocycles. The summed E-state index contributed by atoms with van der Waals surface area (Å²) in [5.74, 6) is -0.516. The molecule has 4 N–H and O–H groups in total. The van der Waals surface area contributed by atoms with Crippen LogP contribution >= 0.6 is 0 Å². The Balaban J connectivity index is 0.000000211. The summed E-state index contributed by atoms with van der Waals surface area (Å²) in [5, 5.41) is 18.0. The van der Waals surface area contributed by atoms with Gasteiger partial charge in [-0.1, -0.05) is 12.6 Å². The first kappa shape index (κ1) is 17.0. The van der Waals surface area contributed by atoms with Crippen molar-refractivity contribution in [1.29, 1.82) is 0 Å². The van der Waals surface area contributed by atoms with Gasteiger partial charge in [-0.2, -0.15) is 0 Å². The molecule has 1 aliphatic heterocycles. The number of aromatic hydroxyl groups is 2. The van der Waals surface area contributed by atoms with Crippen molar-refractivity contribution >= 4 is 5.97 Å². The van der Waals surface area contributed by atoms with E-state index in [2.05, 4.69) is 6.58 Å². The Kier molecular flexibility index (Phi) is 6.71. The number of carbonyl (C=O) groups excluding carboxylic acids is 1. The lowest BCUT2D eigenvalue weighted by molar-refractivity contribution is -0.139. The summed E-state index contributed by atoms with van der Waals surface area (Å²) < 4.78 is 9.60. The summed E-state index contributed by atoms with van der Waals surface area (Å²) in [4.78, 5) is 10.7. The van der Waals surface area contributed by atoms with Crippen LogP contribution in [0.2, 0.25) is 0 Å². The second-order valence-electron chi connectivity index (χ2n) is 4.70. The van der Waals surface area contributed by atoms with Gasteiger partial charge in [0.1, 0.15) is 12.7 Å². The van der Waals surface area contributed by atoms with Crippen molar-refractivity contribution in [3.05, 3.63) is 35.9 Å². The van der Waals surface area contributed by atoms with Crippen molar-refractivity contribution in [3.8, 4) is 11.5 Å². The van der Waals surface area contributed by atoms with Gasteiger partial charge < -0.3 is 25.4 Å². The van der Waals surface area contributed by atoms with Gasteiger partial charge in [0.2, 0.25) is 0 Å². The number of phenols is 2. The second kappa shape index (κ2) is 8.28. The maximum absolute atomic E-state index is 10.7. The average molecular weight is 295 g/mol. The minimum absolute atomic E-state index is 0.0871. The van der Waals surface area contributed by atoms with E-state index in [1.54, 1.807) is 13.0 Å². The lowest BCUT2D eigenvalue weighted by Crippen LogP contribution is -2.09. The van der Waals surface area contributed by atoms with Crippen LogP contribution in [-0.4, -0.2) is 42.0 Å². The van der Waals surface area contributed by atoms with Crippen LogP contribution in [0.25, 0.3) is 0 Å². The molecule has 1 aromatic rings. The van der Waals surface area contributed by atoms with Gasteiger partial charge in [-0.15, -0.1) is 0 Å². The summed E-state index contributed by atoms with van der Waals surface area (Å²) >= 11 is 0. The predicted molar refractivity (Wildman–Crippen MR) is 78.0 cm³/mol. The number of nitrogens with two attached hydrogens (primary N) is 1.